The Labute approximate surface area is 141 Å². The molecule has 0 amide bonds. The van der Waals surface area contributed by atoms with Gasteiger partial charge >= 0.3 is 5.69 Å². The summed E-state index contributed by atoms with van der Waals surface area (Å²) >= 11 is 11.5. The van der Waals surface area contributed by atoms with Crippen molar-refractivity contribution in [1.82, 2.24) is 4.90 Å². The summed E-state index contributed by atoms with van der Waals surface area (Å²) in [5.41, 5.74) is 0.841. The first-order chi connectivity index (χ1) is 10.5. The molecule has 0 N–H and O–H groups in total. The third-order valence-corrected chi connectivity index (χ3v) is 3.34. The van der Waals surface area contributed by atoms with Gasteiger partial charge in [-0.15, -0.1) is 23.2 Å². The molecule has 0 aliphatic rings. The number of nitro benzene ring substituents is 1. The second-order valence-corrected chi connectivity index (χ2v) is 6.17. The fourth-order valence-electron chi connectivity index (χ4n) is 1.95. The van der Waals surface area contributed by atoms with Crippen LogP contribution >= 0.6 is 23.2 Å². The van der Waals surface area contributed by atoms with Crippen molar-refractivity contribution in [1.29, 1.82) is 0 Å². The fourth-order valence-corrected chi connectivity index (χ4v) is 2.43. The van der Waals surface area contributed by atoms with Crippen LogP contribution in [0.3, 0.4) is 0 Å². The molecule has 0 atom stereocenters. The molecule has 0 heterocycles. The van der Waals surface area contributed by atoms with Crippen LogP contribution in [0.2, 0.25) is 0 Å². The molecule has 0 aromatic heterocycles. The molecule has 0 saturated heterocycles. The summed E-state index contributed by atoms with van der Waals surface area (Å²) in [6.07, 6.45) is 0. The topological polar surface area (TPSA) is 55.6 Å². The minimum Gasteiger partial charge on any atom is -0.487 e. The lowest BCUT2D eigenvalue weighted by molar-refractivity contribution is -0.386. The summed E-state index contributed by atoms with van der Waals surface area (Å²) in [7, 11) is 0. The molecule has 0 unspecified atom stereocenters. The summed E-state index contributed by atoms with van der Waals surface area (Å²) in [5.74, 6) is 1.61. The minimum atomic E-state index is -0.410. The van der Waals surface area contributed by atoms with E-state index in [1.165, 1.54) is 0 Å². The van der Waals surface area contributed by atoms with Crippen LogP contribution < -0.4 is 4.74 Å². The normalized spacial score (nSPS) is 11.2. The molecule has 0 radical (unpaired) electrons. The highest BCUT2D eigenvalue weighted by Crippen LogP contribution is 2.29. The maximum atomic E-state index is 11.2. The molecule has 0 fully saturated rings. The fraction of sp³-hybridized carbons (Fsp3) is 0.600. The standard InChI is InChI=1S/C15H22Cl2N2O3/c1-12(2)11-22-15-4-3-13(9-14(15)19(20)21)10-18(7-5-16)8-6-17/h3-4,9,12H,5-8,10-11H2,1-2H3. The molecule has 0 spiro atoms. The molecule has 0 saturated carbocycles. The predicted octanol–water partition coefficient (Wildman–Crippen LogP) is 3.91. The summed E-state index contributed by atoms with van der Waals surface area (Å²) in [5, 5.41) is 11.2. The molecule has 5 nitrogen and oxygen atoms in total. The van der Waals surface area contributed by atoms with Gasteiger partial charge in [0.15, 0.2) is 5.75 Å². The van der Waals surface area contributed by atoms with Crippen LogP contribution in [0.25, 0.3) is 0 Å². The van der Waals surface area contributed by atoms with E-state index in [2.05, 4.69) is 4.90 Å². The first-order valence-corrected chi connectivity index (χ1v) is 8.29. The SMILES string of the molecule is CC(C)COc1ccc(CN(CCCl)CCCl)cc1[N+](=O)[O-]. The van der Waals surface area contributed by atoms with Gasteiger partial charge in [0.2, 0.25) is 0 Å². The lowest BCUT2D eigenvalue weighted by Gasteiger charge is -2.20. The molecule has 0 aliphatic carbocycles. The third-order valence-electron chi connectivity index (χ3n) is 3.00. The van der Waals surface area contributed by atoms with Crippen molar-refractivity contribution in [2.24, 2.45) is 5.92 Å². The van der Waals surface area contributed by atoms with Crippen LogP contribution in [0.5, 0.6) is 5.75 Å². The number of hydrogen-bond donors (Lipinski definition) is 0. The summed E-state index contributed by atoms with van der Waals surface area (Å²) in [4.78, 5) is 12.9. The monoisotopic (exact) mass is 348 g/mol. The van der Waals surface area contributed by atoms with Crippen LogP contribution in [0.1, 0.15) is 19.4 Å². The van der Waals surface area contributed by atoms with Crippen molar-refractivity contribution in [3.05, 3.63) is 33.9 Å². The Bertz CT molecular complexity index is 478. The van der Waals surface area contributed by atoms with Crippen LogP contribution in [0, 0.1) is 16.0 Å². The molecule has 7 heteroatoms. The third kappa shape index (κ3) is 6.38. The number of rotatable bonds is 10. The van der Waals surface area contributed by atoms with Gasteiger partial charge in [-0.3, -0.25) is 15.0 Å². The Hall–Kier alpha value is -1.04. The van der Waals surface area contributed by atoms with Crippen molar-refractivity contribution < 1.29 is 9.66 Å². The van der Waals surface area contributed by atoms with Gasteiger partial charge in [0.25, 0.3) is 0 Å². The highest BCUT2D eigenvalue weighted by molar-refractivity contribution is 6.18. The zero-order chi connectivity index (χ0) is 16.5. The zero-order valence-electron chi connectivity index (χ0n) is 12.9. The molecule has 0 bridgehead atoms. The Morgan fingerprint density at radius 1 is 1.27 bits per heavy atom. The minimum absolute atomic E-state index is 0.00477. The highest BCUT2D eigenvalue weighted by atomic mass is 35.5. The summed E-state index contributed by atoms with van der Waals surface area (Å²) in [6.45, 7) is 6.39. The molecular formula is C15H22Cl2N2O3. The highest BCUT2D eigenvalue weighted by Gasteiger charge is 2.17. The second-order valence-electron chi connectivity index (χ2n) is 5.42. The van der Waals surface area contributed by atoms with Gasteiger partial charge in [0.05, 0.1) is 11.5 Å². The molecule has 22 heavy (non-hydrogen) atoms. The van der Waals surface area contributed by atoms with E-state index in [4.69, 9.17) is 27.9 Å². The van der Waals surface area contributed by atoms with Gasteiger partial charge in [-0.05, 0) is 17.5 Å². The van der Waals surface area contributed by atoms with Gasteiger partial charge < -0.3 is 4.74 Å². The quantitative estimate of drug-likeness (QED) is 0.365. The predicted molar refractivity (Wildman–Crippen MR) is 90.1 cm³/mol. The summed E-state index contributed by atoms with van der Waals surface area (Å²) in [6, 6.07) is 5.07. The van der Waals surface area contributed by atoms with Gasteiger partial charge in [-0.2, -0.15) is 0 Å². The molecule has 1 aromatic carbocycles. The zero-order valence-corrected chi connectivity index (χ0v) is 14.4. The first-order valence-electron chi connectivity index (χ1n) is 7.22. The number of alkyl halides is 2. The van der Waals surface area contributed by atoms with E-state index in [-0.39, 0.29) is 5.69 Å². The Morgan fingerprint density at radius 3 is 2.41 bits per heavy atom. The van der Waals surface area contributed by atoms with Crippen LogP contribution in [0.15, 0.2) is 18.2 Å². The lowest BCUT2D eigenvalue weighted by atomic mass is 10.1. The largest absolute Gasteiger partial charge is 0.487 e. The number of benzene rings is 1. The first kappa shape index (κ1) is 19.0. The van der Waals surface area contributed by atoms with E-state index in [0.29, 0.717) is 49.7 Å². The lowest BCUT2D eigenvalue weighted by Crippen LogP contribution is -2.27. The average Bonchev–Trinajstić information content (AvgIpc) is 2.46. The van der Waals surface area contributed by atoms with Gasteiger partial charge in [-0.25, -0.2) is 0 Å². The van der Waals surface area contributed by atoms with E-state index < -0.39 is 4.92 Å². The second kappa shape index (κ2) is 9.87. The molecule has 124 valence electrons. The van der Waals surface area contributed by atoms with Crippen LogP contribution in [-0.2, 0) is 6.54 Å². The smallest absolute Gasteiger partial charge is 0.311 e. The van der Waals surface area contributed by atoms with E-state index in [1.807, 2.05) is 19.9 Å². The molecule has 0 aliphatic heterocycles. The van der Waals surface area contributed by atoms with Crippen molar-refractivity contribution in [3.8, 4) is 5.75 Å². The Kier molecular flexibility index (Phi) is 8.53. The van der Waals surface area contributed by atoms with Crippen molar-refractivity contribution in [2.45, 2.75) is 20.4 Å². The van der Waals surface area contributed by atoms with Crippen LogP contribution in [-0.4, -0.2) is 41.3 Å². The van der Waals surface area contributed by atoms with Crippen molar-refractivity contribution >= 4 is 28.9 Å². The maximum Gasteiger partial charge on any atom is 0.311 e. The average molecular weight is 349 g/mol. The number of hydrogen-bond acceptors (Lipinski definition) is 4. The summed E-state index contributed by atoms with van der Waals surface area (Å²) < 4.78 is 5.52. The van der Waals surface area contributed by atoms with Crippen molar-refractivity contribution in [3.63, 3.8) is 0 Å². The van der Waals surface area contributed by atoms with E-state index in [1.54, 1.807) is 12.1 Å². The number of halogens is 2. The van der Waals surface area contributed by atoms with Crippen LogP contribution in [0.4, 0.5) is 5.69 Å². The Balaban J connectivity index is 2.89. The van der Waals surface area contributed by atoms with Gasteiger partial charge in [0, 0.05) is 37.5 Å². The molecular weight excluding hydrogens is 327 g/mol. The van der Waals surface area contributed by atoms with E-state index in [0.717, 1.165) is 5.56 Å². The number of nitrogens with zero attached hydrogens (tertiary/aromatic N) is 2. The van der Waals surface area contributed by atoms with E-state index >= 15 is 0 Å². The number of ether oxygens (including phenoxy) is 1. The van der Waals surface area contributed by atoms with Gasteiger partial charge in [0.1, 0.15) is 0 Å². The molecule has 1 aromatic rings. The Morgan fingerprint density at radius 2 is 1.91 bits per heavy atom. The molecule has 1 rings (SSSR count). The van der Waals surface area contributed by atoms with Gasteiger partial charge in [-0.1, -0.05) is 19.9 Å². The number of nitro groups is 1. The van der Waals surface area contributed by atoms with Crippen molar-refractivity contribution in [2.75, 3.05) is 31.5 Å². The van der Waals surface area contributed by atoms with E-state index in [9.17, 15) is 10.1 Å². The maximum absolute atomic E-state index is 11.2.